The maximum Gasteiger partial charge on any atom is 0.156 e. The number of hydrogen-bond donors (Lipinski definition) is 4. The van der Waals surface area contributed by atoms with Gasteiger partial charge >= 0.3 is 0 Å². The van der Waals surface area contributed by atoms with Gasteiger partial charge in [-0.2, -0.15) is 0 Å². The van der Waals surface area contributed by atoms with E-state index >= 15 is 0 Å². The first kappa shape index (κ1) is 60.3. The SMILES string of the molecule is C1=C(CNC23CC4CC(CC(C4)C2)C3)CN=C1c1cccnc1.c1ccc(-c2cnc(CNC34CC5CC(CC(C5)C3)C4)s2)cc1.c1ccc(-c2nc(CNC34CC5CC(CC(C5)C3)C4)cs2)cc1.c1cncc(C2=NCC(CNC34CC5CC(CC(C5)C3)C4)=N2)c1. The topological polar surface area (TPSA) is 137 Å². The van der Waals surface area contributed by atoms with E-state index in [1.807, 2.05) is 54.3 Å². The molecule has 0 spiro atoms. The van der Waals surface area contributed by atoms with Gasteiger partial charge in [0.15, 0.2) is 5.84 Å². The molecule has 16 fully saturated rings. The van der Waals surface area contributed by atoms with Crippen molar-refractivity contribution in [2.45, 2.75) is 189 Å². The fourth-order valence-corrected chi connectivity index (χ4v) is 24.8. The Morgan fingerprint density at radius 1 is 0.413 bits per heavy atom. The molecule has 0 radical (unpaired) electrons. The third-order valence-electron chi connectivity index (χ3n) is 25.3. The number of benzene rings is 2. The van der Waals surface area contributed by atoms with Crippen LogP contribution in [-0.2, 0) is 13.1 Å². The van der Waals surface area contributed by atoms with Gasteiger partial charge in [0, 0.05) is 101 Å². The van der Waals surface area contributed by atoms with Crippen LogP contribution in [0.3, 0.4) is 0 Å². The van der Waals surface area contributed by atoms with Crippen molar-refractivity contribution in [3.8, 4) is 21.0 Å². The van der Waals surface area contributed by atoms with E-state index in [1.54, 1.807) is 17.5 Å². The number of nitrogens with one attached hydrogen (secondary N) is 4. The van der Waals surface area contributed by atoms with Gasteiger partial charge in [0.05, 0.1) is 35.1 Å². The highest BCUT2D eigenvalue weighted by Gasteiger charge is 2.54. The Morgan fingerprint density at radius 2 is 0.848 bits per heavy atom. The summed E-state index contributed by atoms with van der Waals surface area (Å²) in [5.41, 5.74) is 11.3. The van der Waals surface area contributed by atoms with Gasteiger partial charge in [0.25, 0.3) is 0 Å². The number of pyridine rings is 2. The van der Waals surface area contributed by atoms with Crippen molar-refractivity contribution >= 4 is 39.9 Å². The Morgan fingerprint density at radius 3 is 1.33 bits per heavy atom. The van der Waals surface area contributed by atoms with Gasteiger partial charge in [0.2, 0.25) is 0 Å². The Hall–Kier alpha value is -5.41. The summed E-state index contributed by atoms with van der Waals surface area (Å²) in [6.07, 6.45) is 46.7. The molecule has 0 atom stereocenters. The van der Waals surface area contributed by atoms with Crippen LogP contribution < -0.4 is 21.3 Å². The van der Waals surface area contributed by atoms with Crippen LogP contribution in [-0.4, -0.2) is 85.5 Å². The Kier molecular flexibility index (Phi) is 16.8. The predicted molar refractivity (Wildman–Crippen MR) is 375 cm³/mol. The van der Waals surface area contributed by atoms with E-state index in [9.17, 15) is 0 Å². The highest BCUT2D eigenvalue weighted by Crippen LogP contribution is 2.59. The molecule has 0 saturated heterocycles. The van der Waals surface area contributed by atoms with Crippen molar-refractivity contribution in [3.05, 3.63) is 155 Å². The second-order valence-corrected chi connectivity index (χ2v) is 34.5. The quantitative estimate of drug-likeness (QED) is 0.0752. The fraction of sp³-hybridized carbons (Fsp3) is 0.582. The lowest BCUT2D eigenvalue weighted by atomic mass is 9.53. The molecule has 16 aliphatic carbocycles. The normalized spacial score (nSPS) is 36.3. The summed E-state index contributed by atoms with van der Waals surface area (Å²) in [5.74, 6) is 12.9. The van der Waals surface area contributed by atoms with Gasteiger partial charge in [-0.25, -0.2) is 15.0 Å². The molecule has 6 aromatic rings. The molecule has 18 aliphatic rings. The number of thiazole rings is 2. The molecular weight excluding hydrogens is 1170 g/mol. The van der Waals surface area contributed by atoms with Crippen molar-refractivity contribution < 1.29 is 0 Å². The minimum atomic E-state index is 0.411. The van der Waals surface area contributed by atoms with Crippen LogP contribution in [0.5, 0.6) is 0 Å². The third kappa shape index (κ3) is 13.3. The van der Waals surface area contributed by atoms with E-state index in [2.05, 4.69) is 119 Å². The second-order valence-electron chi connectivity index (χ2n) is 32.5. The standard InChI is InChI=1S/C20H25N3.2C20H24N2S.C19H24N4/c1-2-18(13-21-3-1)19-7-17(11-22-19)12-23-20-8-14-4-15(9-20)6-16(5-14)10-20;1-2-4-17(5-3-1)18-12-21-19(23-18)13-22-20-9-14-6-15(10-20)8-16(7-14)11-20;1-2-4-17(5-3-1)19-22-18(13-23-19)12-21-20-9-14-6-15(10-20)8-16(7-14)11-20;1-2-16(10-20-3-1)18-21-11-17(23-18)12-22-19-7-13-4-14(8-19)6-15(5-13)9-19/h1-3,7,13-16,23H,4-6,8-12H2;1-5,12,14-16,22H,6-11,13H2;1-5,13-16,21H,6-12H2;1-3,10,13-15,22H,4-9,11-12H2. The first-order chi connectivity index (χ1) is 45.1. The van der Waals surface area contributed by atoms with Crippen molar-refractivity contribution in [2.24, 2.45) is 86.0 Å². The first-order valence-electron chi connectivity index (χ1n) is 36.3. The lowest BCUT2D eigenvalue weighted by Crippen LogP contribution is -2.59. The minimum absolute atomic E-state index is 0.411. The van der Waals surface area contributed by atoms with Crippen LogP contribution in [0.15, 0.2) is 148 Å². The molecule has 0 unspecified atom stereocenters. The summed E-state index contributed by atoms with van der Waals surface area (Å²) in [5, 5.41) is 20.4. The Bertz CT molecular complexity index is 3280. The molecule has 6 heterocycles. The molecule has 0 amide bonds. The van der Waals surface area contributed by atoms with E-state index in [-0.39, 0.29) is 0 Å². The van der Waals surface area contributed by atoms with Crippen LogP contribution >= 0.6 is 22.7 Å². The predicted octanol–water partition coefficient (Wildman–Crippen LogP) is 15.9. The molecule has 16 bridgehead atoms. The lowest BCUT2D eigenvalue weighted by Gasteiger charge is -2.57. The van der Waals surface area contributed by atoms with Crippen LogP contribution in [0, 0.1) is 71.0 Å². The number of hydrogen-bond acceptors (Lipinski definition) is 13. The molecule has 2 aliphatic heterocycles. The van der Waals surface area contributed by atoms with E-state index in [1.165, 1.54) is 192 Å². The average Bonchev–Trinajstić information content (AvgIpc) is 0.973. The van der Waals surface area contributed by atoms with E-state index in [0.29, 0.717) is 22.2 Å². The van der Waals surface area contributed by atoms with Gasteiger partial charge in [-0.05, 0) is 267 Å². The zero-order chi connectivity index (χ0) is 61.1. The zero-order valence-electron chi connectivity index (χ0n) is 54.2. The summed E-state index contributed by atoms with van der Waals surface area (Å²) in [6, 6.07) is 29.2. The number of nitrogens with zero attached hydrogens (tertiary/aromatic N) is 7. The van der Waals surface area contributed by atoms with Gasteiger partial charge in [-0.15, -0.1) is 22.7 Å². The molecule has 13 heteroatoms. The monoisotopic (exact) mass is 1260 g/mol. The maximum atomic E-state index is 4.85. The largest absolute Gasteiger partial charge is 0.307 e. The van der Waals surface area contributed by atoms with E-state index in [4.69, 9.17) is 15.0 Å². The fourth-order valence-electron chi connectivity index (χ4n) is 23.1. The molecular formula is C79H97N11S2. The second kappa shape index (κ2) is 25.6. The van der Waals surface area contributed by atoms with Crippen molar-refractivity contribution in [2.75, 3.05) is 26.2 Å². The molecule has 2 aromatic carbocycles. The molecule has 4 N–H and O–H groups in total. The highest BCUT2D eigenvalue weighted by molar-refractivity contribution is 7.15. The van der Waals surface area contributed by atoms with Crippen LogP contribution in [0.1, 0.15) is 176 Å². The number of rotatable bonds is 16. The van der Waals surface area contributed by atoms with E-state index in [0.717, 1.165) is 138 Å². The highest BCUT2D eigenvalue weighted by atomic mass is 32.1. The number of amidine groups is 1. The van der Waals surface area contributed by atoms with Crippen molar-refractivity contribution in [1.82, 2.24) is 41.2 Å². The minimum Gasteiger partial charge on any atom is -0.307 e. The van der Waals surface area contributed by atoms with Gasteiger partial charge < -0.3 is 21.3 Å². The Balaban J connectivity index is 0.0000000939. The molecule has 24 rings (SSSR count). The van der Waals surface area contributed by atoms with E-state index < -0.39 is 0 Å². The third-order valence-corrected chi connectivity index (χ3v) is 27.3. The average molecular weight is 1260 g/mol. The number of aromatic nitrogens is 4. The summed E-state index contributed by atoms with van der Waals surface area (Å²) < 4.78 is 0. The molecule has 480 valence electrons. The van der Waals surface area contributed by atoms with Crippen LogP contribution in [0.2, 0.25) is 0 Å². The molecule has 16 saturated carbocycles. The number of aliphatic imine (C=N–C) groups is 3. The first-order valence-corrected chi connectivity index (χ1v) is 38.0. The van der Waals surface area contributed by atoms with Crippen LogP contribution in [0.4, 0.5) is 0 Å². The van der Waals surface area contributed by atoms with Gasteiger partial charge in [0.1, 0.15) is 10.0 Å². The summed E-state index contributed by atoms with van der Waals surface area (Å²) >= 11 is 3.61. The smallest absolute Gasteiger partial charge is 0.156 e. The lowest BCUT2D eigenvalue weighted by molar-refractivity contribution is -0.0208. The van der Waals surface area contributed by atoms with Crippen molar-refractivity contribution in [3.63, 3.8) is 0 Å². The molecule has 11 nitrogen and oxygen atoms in total. The van der Waals surface area contributed by atoms with Crippen molar-refractivity contribution in [1.29, 1.82) is 0 Å². The summed E-state index contributed by atoms with van der Waals surface area (Å²) in [4.78, 5) is 33.2. The maximum absolute atomic E-state index is 4.85. The zero-order valence-corrected chi connectivity index (χ0v) is 55.8. The summed E-state index contributed by atoms with van der Waals surface area (Å²) in [7, 11) is 0. The van der Waals surface area contributed by atoms with Crippen LogP contribution in [0.25, 0.3) is 21.0 Å². The van der Waals surface area contributed by atoms with Gasteiger partial charge in [-0.3, -0.25) is 20.0 Å². The summed E-state index contributed by atoms with van der Waals surface area (Å²) in [6.45, 7) is 5.39. The number of allylic oxidation sites excluding steroid dienone is 1. The Labute approximate surface area is 555 Å². The molecule has 92 heavy (non-hydrogen) atoms. The molecule has 4 aromatic heterocycles. The van der Waals surface area contributed by atoms with Gasteiger partial charge in [-0.1, -0.05) is 60.7 Å².